The second-order valence-electron chi connectivity index (χ2n) is 7.23. The Balaban J connectivity index is 1.62. The number of hydrogen-bond acceptors (Lipinski definition) is 5. The van der Waals surface area contributed by atoms with Crippen molar-refractivity contribution in [2.45, 2.75) is 19.5 Å². The highest BCUT2D eigenvalue weighted by atomic mass is 32.1. The third kappa shape index (κ3) is 4.32. The number of nitrogens with one attached hydrogen (secondary N) is 2. The van der Waals surface area contributed by atoms with Crippen LogP contribution in [0.15, 0.2) is 70.8 Å². The summed E-state index contributed by atoms with van der Waals surface area (Å²) in [5.74, 6) is 0.379. The Morgan fingerprint density at radius 2 is 1.87 bits per heavy atom. The summed E-state index contributed by atoms with van der Waals surface area (Å²) in [5, 5.41) is 4.85. The van der Waals surface area contributed by atoms with Crippen LogP contribution in [-0.2, 0) is 11.3 Å². The number of nitrogens with zero attached hydrogens (tertiary/aromatic N) is 2. The van der Waals surface area contributed by atoms with Gasteiger partial charge < -0.3 is 10.3 Å². The number of rotatable bonds is 6. The van der Waals surface area contributed by atoms with Crippen molar-refractivity contribution >= 4 is 33.1 Å². The number of aromatic nitrogens is 2. The van der Waals surface area contributed by atoms with Crippen LogP contribution in [0.4, 0.5) is 5.69 Å². The molecule has 152 valence electrons. The van der Waals surface area contributed by atoms with Gasteiger partial charge in [0.1, 0.15) is 16.6 Å². The van der Waals surface area contributed by atoms with Crippen molar-refractivity contribution in [3.05, 3.63) is 93.3 Å². The lowest BCUT2D eigenvalue weighted by atomic mass is 10.0. The molecule has 1 unspecified atom stereocenters. The van der Waals surface area contributed by atoms with E-state index in [4.69, 9.17) is 0 Å². The molecular formula is C23H22N4O2S. The summed E-state index contributed by atoms with van der Waals surface area (Å²) >= 11 is 1.37. The number of thiophene rings is 1. The number of benzene rings is 2. The van der Waals surface area contributed by atoms with Gasteiger partial charge >= 0.3 is 0 Å². The molecule has 0 bridgehead atoms. The summed E-state index contributed by atoms with van der Waals surface area (Å²) in [6.45, 7) is 2.33. The van der Waals surface area contributed by atoms with Crippen LogP contribution in [0.2, 0.25) is 0 Å². The molecule has 0 spiro atoms. The van der Waals surface area contributed by atoms with E-state index < -0.39 is 6.04 Å². The molecule has 2 N–H and O–H groups in total. The first kappa shape index (κ1) is 20.0. The fourth-order valence-electron chi connectivity index (χ4n) is 3.41. The number of aromatic amines is 1. The first-order chi connectivity index (χ1) is 14.5. The van der Waals surface area contributed by atoms with Crippen LogP contribution in [0.25, 0.3) is 10.2 Å². The molecule has 0 aliphatic heterocycles. The van der Waals surface area contributed by atoms with Crippen molar-refractivity contribution in [3.63, 3.8) is 0 Å². The van der Waals surface area contributed by atoms with Crippen LogP contribution < -0.4 is 10.9 Å². The summed E-state index contributed by atoms with van der Waals surface area (Å²) in [5.41, 5.74) is 3.25. The summed E-state index contributed by atoms with van der Waals surface area (Å²) in [7, 11) is 1.85. The molecule has 2 heterocycles. The number of fused-ring (bicyclic) bond motifs is 1. The number of anilines is 1. The number of carbonyl (C=O) groups is 1. The van der Waals surface area contributed by atoms with E-state index in [0.717, 1.165) is 16.8 Å². The van der Waals surface area contributed by atoms with Gasteiger partial charge in [-0.05, 0) is 43.1 Å². The molecule has 4 rings (SSSR count). The predicted molar refractivity (Wildman–Crippen MR) is 121 cm³/mol. The minimum absolute atomic E-state index is 0.147. The number of aryl methyl sites for hydroxylation is 1. The topological polar surface area (TPSA) is 78.1 Å². The Morgan fingerprint density at radius 1 is 1.13 bits per heavy atom. The van der Waals surface area contributed by atoms with Crippen molar-refractivity contribution in [2.75, 3.05) is 12.4 Å². The summed E-state index contributed by atoms with van der Waals surface area (Å²) in [6, 6.07) is 18.6. The van der Waals surface area contributed by atoms with Gasteiger partial charge in [-0.3, -0.25) is 14.5 Å². The second-order valence-corrected chi connectivity index (χ2v) is 8.15. The van der Waals surface area contributed by atoms with Crippen molar-refractivity contribution in [1.29, 1.82) is 0 Å². The fraction of sp³-hybridized carbons (Fsp3) is 0.174. The number of carbonyl (C=O) groups excluding carboxylic acids is 1. The van der Waals surface area contributed by atoms with Gasteiger partial charge in [0, 0.05) is 5.69 Å². The van der Waals surface area contributed by atoms with Crippen molar-refractivity contribution in [1.82, 2.24) is 14.9 Å². The van der Waals surface area contributed by atoms with Crippen molar-refractivity contribution < 1.29 is 4.79 Å². The van der Waals surface area contributed by atoms with Gasteiger partial charge in [-0.2, -0.15) is 0 Å². The summed E-state index contributed by atoms with van der Waals surface area (Å²) in [6.07, 6.45) is 0. The predicted octanol–water partition coefficient (Wildman–Crippen LogP) is 4.10. The Morgan fingerprint density at radius 3 is 2.60 bits per heavy atom. The molecule has 1 amide bonds. The normalized spacial score (nSPS) is 12.2. The van der Waals surface area contributed by atoms with E-state index in [2.05, 4.69) is 15.3 Å². The molecule has 6 nitrogen and oxygen atoms in total. The van der Waals surface area contributed by atoms with E-state index >= 15 is 0 Å². The van der Waals surface area contributed by atoms with Gasteiger partial charge in [-0.25, -0.2) is 4.98 Å². The Bertz CT molecular complexity index is 1220. The first-order valence-electron chi connectivity index (χ1n) is 9.60. The monoisotopic (exact) mass is 418 g/mol. The molecule has 0 aliphatic carbocycles. The quantitative estimate of drug-likeness (QED) is 0.494. The van der Waals surface area contributed by atoms with E-state index in [-0.39, 0.29) is 11.5 Å². The number of hydrogen-bond donors (Lipinski definition) is 2. The van der Waals surface area contributed by atoms with E-state index in [1.807, 2.05) is 84.9 Å². The third-order valence-electron chi connectivity index (χ3n) is 4.89. The van der Waals surface area contributed by atoms with Gasteiger partial charge in [0.25, 0.3) is 5.56 Å². The maximum absolute atomic E-state index is 13.2. The van der Waals surface area contributed by atoms with Crippen molar-refractivity contribution in [3.8, 4) is 0 Å². The van der Waals surface area contributed by atoms with Crippen LogP contribution in [-0.4, -0.2) is 27.8 Å². The molecule has 2 aromatic carbocycles. The minimum atomic E-state index is -0.545. The van der Waals surface area contributed by atoms with Crippen LogP contribution >= 0.6 is 11.3 Å². The molecule has 0 saturated carbocycles. The average molecular weight is 419 g/mol. The molecule has 30 heavy (non-hydrogen) atoms. The second kappa shape index (κ2) is 8.61. The van der Waals surface area contributed by atoms with E-state index in [1.54, 1.807) is 0 Å². The zero-order chi connectivity index (χ0) is 21.1. The molecule has 4 aromatic rings. The highest BCUT2D eigenvalue weighted by Crippen LogP contribution is 2.23. The summed E-state index contributed by atoms with van der Waals surface area (Å²) < 4.78 is 0.609. The van der Waals surface area contributed by atoms with E-state index in [0.29, 0.717) is 22.6 Å². The molecule has 0 fully saturated rings. The van der Waals surface area contributed by atoms with Gasteiger partial charge in [-0.15, -0.1) is 11.3 Å². The molecule has 0 saturated heterocycles. The van der Waals surface area contributed by atoms with Gasteiger partial charge in [0.15, 0.2) is 0 Å². The highest BCUT2D eigenvalue weighted by molar-refractivity contribution is 7.17. The molecule has 0 aliphatic rings. The van der Waals surface area contributed by atoms with Crippen LogP contribution in [0.1, 0.15) is 23.0 Å². The number of H-pyrrole nitrogens is 1. The SMILES string of the molecule is Cc1ccc(NC(=O)C(c2ccccc2)N(C)Cc2nc3ccsc3c(=O)[nH]2)cc1. The van der Waals surface area contributed by atoms with Crippen LogP contribution in [0, 0.1) is 6.92 Å². The minimum Gasteiger partial charge on any atom is -0.324 e. The molecule has 7 heteroatoms. The lowest BCUT2D eigenvalue weighted by Gasteiger charge is -2.27. The standard InChI is InChI=1S/C23H22N4O2S/c1-15-8-10-17(11-9-15)24-22(28)20(16-6-4-3-5-7-16)27(2)14-19-25-18-12-13-30-21(18)23(29)26-19/h3-13,20H,14H2,1-2H3,(H,24,28)(H,25,26,29). The van der Waals surface area contributed by atoms with Crippen LogP contribution in [0.3, 0.4) is 0 Å². The zero-order valence-electron chi connectivity index (χ0n) is 16.8. The Labute approximate surface area is 178 Å². The summed E-state index contributed by atoms with van der Waals surface area (Å²) in [4.78, 5) is 34.8. The number of likely N-dealkylation sites (N-methyl/N-ethyl adjacent to an activating group) is 1. The maximum atomic E-state index is 13.2. The zero-order valence-corrected chi connectivity index (χ0v) is 17.6. The van der Waals surface area contributed by atoms with Gasteiger partial charge in [0.05, 0.1) is 12.1 Å². The molecule has 2 aromatic heterocycles. The Hall–Kier alpha value is -3.29. The van der Waals surface area contributed by atoms with Crippen LogP contribution in [0.5, 0.6) is 0 Å². The average Bonchev–Trinajstić information content (AvgIpc) is 3.20. The maximum Gasteiger partial charge on any atom is 0.268 e. The van der Waals surface area contributed by atoms with Gasteiger partial charge in [-0.1, -0.05) is 48.0 Å². The largest absolute Gasteiger partial charge is 0.324 e. The molecule has 0 radical (unpaired) electrons. The Kier molecular flexibility index (Phi) is 5.74. The molecular weight excluding hydrogens is 396 g/mol. The van der Waals surface area contributed by atoms with E-state index in [1.165, 1.54) is 11.3 Å². The molecule has 1 atom stereocenters. The third-order valence-corrected chi connectivity index (χ3v) is 5.79. The fourth-order valence-corrected chi connectivity index (χ4v) is 4.14. The van der Waals surface area contributed by atoms with Gasteiger partial charge in [0.2, 0.25) is 5.91 Å². The lowest BCUT2D eigenvalue weighted by molar-refractivity contribution is -0.121. The highest BCUT2D eigenvalue weighted by Gasteiger charge is 2.26. The van der Waals surface area contributed by atoms with Crippen molar-refractivity contribution in [2.24, 2.45) is 0 Å². The first-order valence-corrected chi connectivity index (χ1v) is 10.5. The van der Waals surface area contributed by atoms with E-state index in [9.17, 15) is 9.59 Å². The lowest BCUT2D eigenvalue weighted by Crippen LogP contribution is -2.35. The number of amides is 1. The smallest absolute Gasteiger partial charge is 0.268 e.